The third kappa shape index (κ3) is 18.4. The van der Waals surface area contributed by atoms with Gasteiger partial charge in [-0.05, 0) is 18.7 Å². The summed E-state index contributed by atoms with van der Waals surface area (Å²) in [5.41, 5.74) is 0. The van der Waals surface area contributed by atoms with Crippen LogP contribution in [0.1, 0.15) is 58.3 Å². The maximum Gasteiger partial charge on any atom is 1.00 e. The molecule has 0 aliphatic heterocycles. The van der Waals surface area contributed by atoms with Crippen LogP contribution in [0, 0.1) is 0 Å². The van der Waals surface area contributed by atoms with Gasteiger partial charge in [0.05, 0.1) is 12.3 Å². The molecule has 5 nitrogen and oxygen atoms in total. The molecule has 1 N–H and O–H groups in total. The van der Waals surface area contributed by atoms with Crippen LogP contribution < -0.4 is 34.7 Å². The normalized spacial score (nSPS) is 12.2. The van der Waals surface area contributed by atoms with Crippen molar-refractivity contribution in [2.75, 3.05) is 12.3 Å². The summed E-state index contributed by atoms with van der Waals surface area (Å²) < 4.78 is 29.2. The molecule has 0 saturated carbocycles. The fourth-order valence-electron chi connectivity index (χ4n) is 1.60. The molecule has 0 amide bonds. The Labute approximate surface area is 138 Å². The molecule has 0 aromatic rings. The summed E-state index contributed by atoms with van der Waals surface area (Å²) in [6.07, 6.45) is 8.29. The van der Waals surface area contributed by atoms with Gasteiger partial charge < -0.3 is 10.1 Å². The van der Waals surface area contributed by atoms with E-state index in [-0.39, 0.29) is 42.0 Å². The summed E-state index contributed by atoms with van der Waals surface area (Å²) in [4.78, 5) is 3.58. The van der Waals surface area contributed by atoms with Gasteiger partial charge in [-0.3, -0.25) is 4.55 Å². The van der Waals surface area contributed by atoms with E-state index in [4.69, 9.17) is 4.55 Å². The molecular formula is C12H24NNaO4S. The molecule has 0 atom stereocenters. The van der Waals surface area contributed by atoms with Crippen molar-refractivity contribution in [2.45, 2.75) is 58.3 Å². The fourth-order valence-corrected chi connectivity index (χ4v) is 1.92. The van der Waals surface area contributed by atoms with Gasteiger partial charge in [0.25, 0.3) is 10.1 Å². The second-order valence-electron chi connectivity index (χ2n) is 4.43. The van der Waals surface area contributed by atoms with Gasteiger partial charge >= 0.3 is 29.6 Å². The molecule has 0 unspecified atom stereocenters. The molecule has 0 aliphatic rings. The molecule has 0 rings (SSSR count). The largest absolute Gasteiger partial charge is 1.00 e. The van der Waals surface area contributed by atoms with Gasteiger partial charge in [0, 0.05) is 0 Å². The number of hydrogen-bond donors (Lipinski definition) is 1. The van der Waals surface area contributed by atoms with E-state index >= 15 is 0 Å². The van der Waals surface area contributed by atoms with Gasteiger partial charge in [-0.1, -0.05) is 45.4 Å². The minimum absolute atomic E-state index is 0. The van der Waals surface area contributed by atoms with Crippen molar-refractivity contribution in [1.29, 1.82) is 0 Å². The van der Waals surface area contributed by atoms with Crippen molar-refractivity contribution < 1.29 is 47.6 Å². The van der Waals surface area contributed by atoms with Crippen molar-refractivity contribution in [3.8, 4) is 0 Å². The molecule has 0 aromatic heterocycles. The second-order valence-corrected chi connectivity index (χ2v) is 6.00. The summed E-state index contributed by atoms with van der Waals surface area (Å²) >= 11 is 0. The van der Waals surface area contributed by atoms with Gasteiger partial charge in [-0.2, -0.15) is 8.42 Å². The van der Waals surface area contributed by atoms with E-state index < -0.39 is 15.9 Å². The van der Waals surface area contributed by atoms with Gasteiger partial charge in [0.2, 0.25) is 0 Å². The van der Waals surface area contributed by atoms with Crippen LogP contribution in [0.3, 0.4) is 0 Å². The van der Waals surface area contributed by atoms with Crippen molar-refractivity contribution >= 4 is 16.0 Å². The molecule has 0 aliphatic carbocycles. The molecule has 0 fully saturated rings. The number of rotatable bonds is 11. The Balaban J connectivity index is 0. The molecule has 0 aromatic carbocycles. The number of unbranched alkanes of at least 4 members (excludes halogenated alkanes) is 6. The van der Waals surface area contributed by atoms with Crippen LogP contribution in [0.5, 0.6) is 0 Å². The zero-order valence-corrected chi connectivity index (χ0v) is 14.9. The topological polar surface area (TPSA) is 89.8 Å². The maximum absolute atomic E-state index is 11.2. The Morgan fingerprint density at radius 1 is 1.11 bits per heavy atom. The first-order valence-electron chi connectivity index (χ1n) is 6.61. The van der Waals surface area contributed by atoms with Crippen molar-refractivity contribution in [3.05, 3.63) is 0 Å². The zero-order valence-electron chi connectivity index (χ0n) is 12.1. The van der Waals surface area contributed by atoms with Crippen molar-refractivity contribution in [2.24, 2.45) is 4.99 Å². The molecule has 0 heterocycles. The Morgan fingerprint density at radius 3 is 2.16 bits per heavy atom. The molecule has 0 spiro atoms. The first-order chi connectivity index (χ1) is 8.45. The molecule has 7 heteroatoms. The van der Waals surface area contributed by atoms with E-state index in [9.17, 15) is 13.5 Å². The minimum atomic E-state index is -4.00. The Morgan fingerprint density at radius 2 is 1.63 bits per heavy atom. The van der Waals surface area contributed by atoms with Gasteiger partial charge in [0.15, 0.2) is 0 Å². The number of nitrogens with zero attached hydrogens (tertiary/aromatic N) is 1. The average Bonchev–Trinajstić information content (AvgIpc) is 2.26. The van der Waals surface area contributed by atoms with E-state index in [0.29, 0.717) is 6.42 Å². The summed E-state index contributed by atoms with van der Waals surface area (Å²) in [6.45, 7) is 2.03. The van der Waals surface area contributed by atoms with Gasteiger partial charge in [0.1, 0.15) is 0 Å². The van der Waals surface area contributed by atoms with Gasteiger partial charge in [-0.15, -0.1) is 0 Å². The maximum atomic E-state index is 11.2. The van der Waals surface area contributed by atoms with Crippen LogP contribution in [-0.4, -0.2) is 31.2 Å². The molecule has 0 saturated heterocycles. The standard InChI is InChI=1S/C12H25NO4S.Na/c1-2-3-4-5-6-7-8-9-12(14)13-10-11-18(15,16)17;/h2-11H2,1H3,(H,13,14)(H,15,16,17);/q;+1/p-1. The molecule has 0 radical (unpaired) electrons. The van der Waals surface area contributed by atoms with Crippen LogP contribution >= 0.6 is 0 Å². The molecule has 0 bridgehead atoms. The zero-order chi connectivity index (χ0) is 13.9. The monoisotopic (exact) mass is 301 g/mol. The van der Waals surface area contributed by atoms with Crippen LogP contribution in [-0.2, 0) is 10.1 Å². The van der Waals surface area contributed by atoms with E-state index in [1.807, 2.05) is 0 Å². The molecular weight excluding hydrogens is 277 g/mol. The smallest absolute Gasteiger partial charge is 0.862 e. The van der Waals surface area contributed by atoms with Crippen molar-refractivity contribution in [1.82, 2.24) is 0 Å². The summed E-state index contributed by atoms with van der Waals surface area (Å²) in [5.74, 6) is -0.748. The third-order valence-corrected chi connectivity index (χ3v) is 3.33. The van der Waals surface area contributed by atoms with Gasteiger partial charge in [-0.25, -0.2) is 0 Å². The van der Waals surface area contributed by atoms with E-state index in [1.54, 1.807) is 0 Å². The quantitative estimate of drug-likeness (QED) is 0.170. The number of hydrogen-bond acceptors (Lipinski definition) is 4. The van der Waals surface area contributed by atoms with E-state index in [0.717, 1.165) is 19.3 Å². The first kappa shape index (κ1) is 21.7. The van der Waals surface area contributed by atoms with E-state index in [2.05, 4.69) is 11.9 Å². The summed E-state index contributed by atoms with van der Waals surface area (Å²) in [6, 6.07) is 0. The van der Waals surface area contributed by atoms with Crippen LogP contribution in [0.15, 0.2) is 4.99 Å². The Kier molecular flexibility index (Phi) is 15.2. The van der Waals surface area contributed by atoms with E-state index in [1.165, 1.54) is 25.7 Å². The summed E-state index contributed by atoms with van der Waals surface area (Å²) in [5, 5.41) is 11.2. The van der Waals surface area contributed by atoms with Crippen molar-refractivity contribution in [3.63, 3.8) is 0 Å². The average molecular weight is 301 g/mol. The van der Waals surface area contributed by atoms with Crippen LogP contribution in [0.4, 0.5) is 0 Å². The first-order valence-corrected chi connectivity index (χ1v) is 8.22. The predicted octanol–water partition coefficient (Wildman–Crippen LogP) is -1.22. The SMILES string of the molecule is CCCCCCCCCC([O-])=NCCS(=O)(=O)O.[Na+]. The molecule has 108 valence electrons. The number of aliphatic imine (C=N–C) groups is 1. The summed E-state index contributed by atoms with van der Waals surface area (Å²) in [7, 11) is -4.00. The third-order valence-electron chi connectivity index (χ3n) is 2.63. The van der Waals surface area contributed by atoms with Crippen LogP contribution in [0.25, 0.3) is 0 Å². The fraction of sp³-hybridized carbons (Fsp3) is 0.917. The second kappa shape index (κ2) is 13.4. The molecule has 19 heavy (non-hydrogen) atoms. The minimum Gasteiger partial charge on any atom is -0.862 e. The Hall–Kier alpha value is 0.380. The Bertz CT molecular complexity index is 331. The predicted molar refractivity (Wildman–Crippen MR) is 71.3 cm³/mol. The van der Waals surface area contributed by atoms with Crippen LogP contribution in [0.2, 0.25) is 0 Å².